The normalized spacial score (nSPS) is 28.7. The van der Waals surface area contributed by atoms with E-state index in [-0.39, 0.29) is 0 Å². The minimum absolute atomic E-state index is 0.828. The van der Waals surface area contributed by atoms with E-state index >= 15 is 0 Å². The highest BCUT2D eigenvalue weighted by Gasteiger charge is 2.52. The molecule has 0 N–H and O–H groups in total. The maximum atomic E-state index is 6.43. The summed E-state index contributed by atoms with van der Waals surface area (Å²) in [6, 6.07) is 0. The second kappa shape index (κ2) is 5.46. The zero-order valence-corrected chi connectivity index (χ0v) is 17.8. The molecule has 0 aromatic carbocycles. The highest BCUT2D eigenvalue weighted by molar-refractivity contribution is 6.93. The molecule has 0 bridgehead atoms. The van der Waals surface area contributed by atoms with Crippen molar-refractivity contribution >= 4 is 34.2 Å². The molecule has 0 unspecified atom stereocenters. The van der Waals surface area contributed by atoms with Crippen molar-refractivity contribution in [1.82, 2.24) is 4.90 Å². The Balaban J connectivity index is 3.04. The zero-order chi connectivity index (χ0) is 15.1. The average molecular weight is 340 g/mol. The van der Waals surface area contributed by atoms with E-state index in [1.807, 2.05) is 14.1 Å². The SMILES string of the molecule is CN(C)C[Si]1(C)O[Si](C)(C)O[Si](C)(C)O[Si](C)(C)O1. The van der Waals surface area contributed by atoms with Gasteiger partial charge in [-0.3, -0.25) is 0 Å². The minimum Gasteiger partial charge on any atom is -0.416 e. The van der Waals surface area contributed by atoms with Gasteiger partial charge in [0.15, 0.2) is 0 Å². The Morgan fingerprint density at radius 3 is 1.26 bits per heavy atom. The third kappa shape index (κ3) is 5.89. The number of rotatable bonds is 2. The molecule has 0 amide bonds. The Kier molecular flexibility index (Phi) is 5.09. The van der Waals surface area contributed by atoms with Crippen LogP contribution < -0.4 is 0 Å². The molecule has 0 aromatic rings. The molecule has 0 radical (unpaired) electrons. The van der Waals surface area contributed by atoms with Crippen molar-refractivity contribution in [2.45, 2.75) is 45.8 Å². The predicted molar refractivity (Wildman–Crippen MR) is 87.0 cm³/mol. The van der Waals surface area contributed by atoms with Crippen LogP contribution in [0.4, 0.5) is 0 Å². The summed E-state index contributed by atoms with van der Waals surface area (Å²) in [5, 5.41) is 0. The van der Waals surface area contributed by atoms with Crippen molar-refractivity contribution in [2.24, 2.45) is 0 Å². The summed E-state index contributed by atoms with van der Waals surface area (Å²) < 4.78 is 25.4. The molecule has 0 aliphatic carbocycles. The van der Waals surface area contributed by atoms with E-state index in [0.29, 0.717) is 0 Å². The Bertz CT molecular complexity index is 313. The third-order valence-corrected chi connectivity index (χ3v) is 19.0. The van der Waals surface area contributed by atoms with Gasteiger partial charge in [0, 0.05) is 6.17 Å². The van der Waals surface area contributed by atoms with Crippen LogP contribution in [0.2, 0.25) is 45.8 Å². The van der Waals surface area contributed by atoms with Crippen LogP contribution in [0.25, 0.3) is 0 Å². The smallest absolute Gasteiger partial charge is 0.331 e. The molecule has 1 heterocycles. The predicted octanol–water partition coefficient (Wildman–Crippen LogP) is 2.34. The van der Waals surface area contributed by atoms with Crippen LogP contribution in [0.5, 0.6) is 0 Å². The lowest BCUT2D eigenvalue weighted by molar-refractivity contribution is 0.224. The van der Waals surface area contributed by atoms with E-state index < -0.39 is 34.2 Å². The van der Waals surface area contributed by atoms with E-state index in [1.165, 1.54) is 0 Å². The number of hydrogen-bond acceptors (Lipinski definition) is 5. The Hall–Kier alpha value is 0.668. The number of nitrogens with zero attached hydrogens (tertiary/aromatic N) is 1. The summed E-state index contributed by atoms with van der Waals surface area (Å²) in [5.74, 6) is 0. The molecule has 5 nitrogen and oxygen atoms in total. The van der Waals surface area contributed by atoms with Crippen molar-refractivity contribution in [3.05, 3.63) is 0 Å². The molecule has 1 saturated heterocycles. The summed E-state index contributed by atoms with van der Waals surface area (Å²) in [5.41, 5.74) is 0. The molecule has 9 heteroatoms. The lowest BCUT2D eigenvalue weighted by Gasteiger charge is -2.48. The monoisotopic (exact) mass is 339 g/mol. The summed E-state index contributed by atoms with van der Waals surface area (Å²) in [4.78, 5) is 2.13. The molecule has 1 aliphatic heterocycles. The third-order valence-electron chi connectivity index (χ3n) is 2.51. The van der Waals surface area contributed by atoms with Gasteiger partial charge in [-0.15, -0.1) is 0 Å². The van der Waals surface area contributed by atoms with Gasteiger partial charge in [0.05, 0.1) is 0 Å². The molecule has 114 valence electrons. The number of hydrogen-bond donors (Lipinski definition) is 0. The Labute approximate surface area is 122 Å². The molecule has 19 heavy (non-hydrogen) atoms. The van der Waals surface area contributed by atoms with Crippen LogP contribution in [0.3, 0.4) is 0 Å². The average Bonchev–Trinajstić information content (AvgIpc) is 1.87. The van der Waals surface area contributed by atoms with Gasteiger partial charge in [0.25, 0.3) is 0 Å². The zero-order valence-electron chi connectivity index (χ0n) is 13.8. The van der Waals surface area contributed by atoms with Crippen molar-refractivity contribution in [3.63, 3.8) is 0 Å². The first-order valence-corrected chi connectivity index (χ1v) is 17.7. The lowest BCUT2D eigenvalue weighted by Crippen LogP contribution is -2.67. The van der Waals surface area contributed by atoms with Gasteiger partial charge in [-0.1, -0.05) is 0 Å². The topological polar surface area (TPSA) is 40.2 Å². The molecule has 0 aromatic heterocycles. The highest BCUT2D eigenvalue weighted by Crippen LogP contribution is 2.30. The Morgan fingerprint density at radius 2 is 0.947 bits per heavy atom. The fourth-order valence-electron chi connectivity index (χ4n) is 2.95. The van der Waals surface area contributed by atoms with Crippen molar-refractivity contribution in [3.8, 4) is 0 Å². The van der Waals surface area contributed by atoms with Crippen LogP contribution >= 0.6 is 0 Å². The van der Waals surface area contributed by atoms with E-state index in [4.69, 9.17) is 16.5 Å². The van der Waals surface area contributed by atoms with Gasteiger partial charge < -0.3 is 21.4 Å². The van der Waals surface area contributed by atoms with Crippen molar-refractivity contribution in [1.29, 1.82) is 0 Å². The van der Waals surface area contributed by atoms with Crippen LogP contribution in [0.15, 0.2) is 0 Å². The lowest BCUT2D eigenvalue weighted by atomic mass is 11.0. The fraction of sp³-hybridized carbons (Fsp3) is 1.00. The van der Waals surface area contributed by atoms with E-state index in [1.54, 1.807) is 0 Å². The molecule has 1 aliphatic rings. The molecule has 1 rings (SSSR count). The first-order valence-electron chi connectivity index (χ1n) is 6.70. The molecule has 0 atom stereocenters. The second-order valence-electron chi connectivity index (χ2n) is 6.98. The first kappa shape index (κ1) is 17.7. The first-order chi connectivity index (χ1) is 8.24. The highest BCUT2D eigenvalue weighted by atomic mass is 28.5. The van der Waals surface area contributed by atoms with Gasteiger partial charge in [-0.25, -0.2) is 0 Å². The minimum atomic E-state index is -2.29. The van der Waals surface area contributed by atoms with E-state index in [9.17, 15) is 0 Å². The van der Waals surface area contributed by atoms with Crippen LogP contribution in [-0.4, -0.2) is 59.4 Å². The van der Waals surface area contributed by atoms with Crippen LogP contribution in [0, 0.1) is 0 Å². The summed E-state index contributed by atoms with van der Waals surface area (Å²) in [6.07, 6.45) is 0.828. The maximum absolute atomic E-state index is 6.43. The molecule has 0 saturated carbocycles. The molecular weight excluding hydrogens is 310 g/mol. The van der Waals surface area contributed by atoms with Crippen molar-refractivity contribution < 1.29 is 16.5 Å². The maximum Gasteiger partial charge on any atom is 0.331 e. The van der Waals surface area contributed by atoms with Crippen LogP contribution in [-0.2, 0) is 16.5 Å². The Morgan fingerprint density at radius 1 is 0.632 bits per heavy atom. The summed E-state index contributed by atoms with van der Waals surface area (Å²) in [6.45, 7) is 14.7. The summed E-state index contributed by atoms with van der Waals surface area (Å²) in [7, 11) is -4.77. The standard InChI is InChI=1S/C10H29NO4Si4/c1-11(2)10-19(9)14-17(5,6)12-16(3,4)13-18(7,8)15-19/h10H2,1-9H3. The van der Waals surface area contributed by atoms with Gasteiger partial charge in [-0.2, -0.15) is 0 Å². The van der Waals surface area contributed by atoms with Gasteiger partial charge >= 0.3 is 34.2 Å². The molecular formula is C10H29NO4Si4. The van der Waals surface area contributed by atoms with E-state index in [2.05, 4.69) is 50.7 Å². The van der Waals surface area contributed by atoms with Crippen molar-refractivity contribution in [2.75, 3.05) is 20.3 Å². The van der Waals surface area contributed by atoms with Gasteiger partial charge in [0.1, 0.15) is 0 Å². The molecule has 0 spiro atoms. The van der Waals surface area contributed by atoms with Gasteiger partial charge in [-0.05, 0) is 59.9 Å². The summed E-state index contributed by atoms with van der Waals surface area (Å²) >= 11 is 0. The van der Waals surface area contributed by atoms with E-state index in [0.717, 1.165) is 6.17 Å². The van der Waals surface area contributed by atoms with Gasteiger partial charge in [0.2, 0.25) is 0 Å². The quantitative estimate of drug-likeness (QED) is 0.722. The fourth-order valence-corrected chi connectivity index (χ4v) is 24.6. The second-order valence-corrected chi connectivity index (χ2v) is 21.2. The van der Waals surface area contributed by atoms with Crippen LogP contribution in [0.1, 0.15) is 0 Å². The molecule has 1 fully saturated rings. The largest absolute Gasteiger partial charge is 0.416 e.